The molecular weight excluding hydrogens is 294 g/mol. The lowest BCUT2D eigenvalue weighted by Gasteiger charge is -2.49. The molecule has 2 bridgehead atoms. The van der Waals surface area contributed by atoms with E-state index in [1.165, 1.54) is 6.92 Å². The average molecular weight is 319 g/mol. The monoisotopic (exact) mass is 319 g/mol. The van der Waals surface area contributed by atoms with Crippen molar-refractivity contribution < 1.29 is 9.59 Å². The van der Waals surface area contributed by atoms with Crippen molar-refractivity contribution in [1.29, 1.82) is 0 Å². The van der Waals surface area contributed by atoms with Crippen molar-refractivity contribution in [3.05, 3.63) is 11.9 Å². The molecule has 23 heavy (non-hydrogen) atoms. The molecule has 1 amide bonds. The van der Waals surface area contributed by atoms with E-state index in [-0.39, 0.29) is 23.7 Å². The van der Waals surface area contributed by atoms with Crippen molar-refractivity contribution in [2.24, 2.45) is 11.8 Å². The van der Waals surface area contributed by atoms with Gasteiger partial charge in [-0.25, -0.2) is 0 Å². The van der Waals surface area contributed by atoms with Gasteiger partial charge in [-0.15, -0.1) is 5.10 Å². The highest BCUT2D eigenvalue weighted by atomic mass is 16.2. The van der Waals surface area contributed by atoms with E-state index in [9.17, 15) is 9.59 Å². The Labute approximate surface area is 136 Å². The summed E-state index contributed by atoms with van der Waals surface area (Å²) in [4.78, 5) is 26.0. The fraction of sp³-hybridized carbons (Fsp3) is 0.750. The minimum atomic E-state index is -0.0628. The Hall–Kier alpha value is -1.76. The molecule has 126 valence electrons. The standard InChI is InChI=1S/C16H25N5O2/c1-10(2)17-16(23)14-8-20-5-4-12(14)6-13(20)7-21-9-15(11(3)22)18-19-21/h9-10,12-14H,4-8H2,1-3H3,(H,17,23)/t12?,13-,14+/m1/s1. The molecule has 4 atom stereocenters. The van der Waals surface area contributed by atoms with Crippen molar-refractivity contribution in [2.75, 3.05) is 13.1 Å². The molecule has 7 heteroatoms. The van der Waals surface area contributed by atoms with Gasteiger partial charge in [0.15, 0.2) is 5.78 Å². The minimum absolute atomic E-state index is 0.0628. The molecule has 3 aliphatic heterocycles. The summed E-state index contributed by atoms with van der Waals surface area (Å²) in [5, 5.41) is 11.0. The summed E-state index contributed by atoms with van der Waals surface area (Å²) < 4.78 is 1.76. The fourth-order valence-corrected chi connectivity index (χ4v) is 3.78. The second kappa shape index (κ2) is 6.39. The van der Waals surface area contributed by atoms with Gasteiger partial charge in [0.1, 0.15) is 5.69 Å². The van der Waals surface area contributed by atoms with E-state index in [1.807, 2.05) is 13.8 Å². The van der Waals surface area contributed by atoms with Crippen molar-refractivity contribution in [2.45, 2.75) is 52.2 Å². The molecule has 7 nitrogen and oxygen atoms in total. The first-order chi connectivity index (χ1) is 10.9. The maximum absolute atomic E-state index is 12.3. The van der Waals surface area contributed by atoms with E-state index in [0.29, 0.717) is 17.7 Å². The number of fused-ring (bicyclic) bond motifs is 3. The number of carbonyl (C=O) groups is 2. The van der Waals surface area contributed by atoms with E-state index >= 15 is 0 Å². The average Bonchev–Trinajstić information content (AvgIpc) is 2.96. The maximum Gasteiger partial charge on any atom is 0.224 e. The number of nitrogens with one attached hydrogen (secondary N) is 1. The number of aromatic nitrogens is 3. The summed E-state index contributed by atoms with van der Waals surface area (Å²) in [7, 11) is 0. The van der Waals surface area contributed by atoms with Crippen LogP contribution in [0.15, 0.2) is 6.20 Å². The fourth-order valence-electron chi connectivity index (χ4n) is 3.78. The molecule has 0 spiro atoms. The first kappa shape index (κ1) is 16.1. The predicted octanol–water partition coefficient (Wildman–Crippen LogP) is 0.716. The molecule has 2 unspecified atom stereocenters. The van der Waals surface area contributed by atoms with Crippen LogP contribution in [0, 0.1) is 11.8 Å². The van der Waals surface area contributed by atoms with E-state index in [0.717, 1.165) is 32.5 Å². The zero-order valence-corrected chi connectivity index (χ0v) is 14.0. The summed E-state index contributed by atoms with van der Waals surface area (Å²) in [6.07, 6.45) is 3.81. The summed E-state index contributed by atoms with van der Waals surface area (Å²) in [6, 6.07) is 0.562. The molecule has 1 aromatic rings. The molecule has 0 radical (unpaired) electrons. The number of piperidine rings is 3. The van der Waals surface area contributed by atoms with Gasteiger partial charge in [0.2, 0.25) is 5.91 Å². The number of ketones is 1. The topological polar surface area (TPSA) is 80.1 Å². The molecule has 3 aliphatic rings. The lowest BCUT2D eigenvalue weighted by molar-refractivity contribution is -0.133. The van der Waals surface area contributed by atoms with Gasteiger partial charge in [0, 0.05) is 25.6 Å². The van der Waals surface area contributed by atoms with Crippen LogP contribution in [-0.2, 0) is 11.3 Å². The smallest absolute Gasteiger partial charge is 0.224 e. The molecule has 4 heterocycles. The summed E-state index contributed by atoms with van der Waals surface area (Å²) >= 11 is 0. The first-order valence-corrected chi connectivity index (χ1v) is 8.39. The SMILES string of the molecule is CC(=O)c1cn(C[C@H]2CC3CCN2C[C@@H]3C(=O)NC(C)C)nn1. The maximum atomic E-state index is 12.3. The van der Waals surface area contributed by atoms with Crippen molar-refractivity contribution in [3.8, 4) is 0 Å². The zero-order chi connectivity index (χ0) is 16.6. The Morgan fingerprint density at radius 2 is 2.22 bits per heavy atom. The van der Waals surface area contributed by atoms with Gasteiger partial charge in [-0.3, -0.25) is 19.2 Å². The summed E-state index contributed by atoms with van der Waals surface area (Å²) in [5.74, 6) is 0.672. The van der Waals surface area contributed by atoms with Crippen LogP contribution in [0.3, 0.4) is 0 Å². The van der Waals surface area contributed by atoms with Gasteiger partial charge in [-0.05, 0) is 39.2 Å². The Bertz CT molecular complexity index is 597. The Morgan fingerprint density at radius 3 is 2.78 bits per heavy atom. The highest BCUT2D eigenvalue weighted by Crippen LogP contribution is 2.36. The lowest BCUT2D eigenvalue weighted by atomic mass is 9.75. The number of hydrogen-bond acceptors (Lipinski definition) is 5. The minimum Gasteiger partial charge on any atom is -0.354 e. The van der Waals surface area contributed by atoms with Gasteiger partial charge in [-0.2, -0.15) is 0 Å². The molecule has 4 rings (SSSR count). The van der Waals surface area contributed by atoms with Crippen molar-refractivity contribution in [3.63, 3.8) is 0 Å². The van der Waals surface area contributed by atoms with Gasteiger partial charge >= 0.3 is 0 Å². The lowest BCUT2D eigenvalue weighted by Crippen LogP contribution is -2.58. The van der Waals surface area contributed by atoms with Gasteiger partial charge in [-0.1, -0.05) is 5.21 Å². The quantitative estimate of drug-likeness (QED) is 0.809. The van der Waals surface area contributed by atoms with Crippen LogP contribution in [0.4, 0.5) is 0 Å². The van der Waals surface area contributed by atoms with Crippen LogP contribution in [0.25, 0.3) is 0 Å². The van der Waals surface area contributed by atoms with Crippen molar-refractivity contribution >= 4 is 11.7 Å². The van der Waals surface area contributed by atoms with E-state index < -0.39 is 0 Å². The third-order valence-electron chi connectivity index (χ3n) is 4.94. The zero-order valence-electron chi connectivity index (χ0n) is 14.0. The highest BCUT2D eigenvalue weighted by molar-refractivity contribution is 5.91. The van der Waals surface area contributed by atoms with Crippen LogP contribution in [0.1, 0.15) is 44.1 Å². The molecule has 3 fully saturated rings. The Morgan fingerprint density at radius 1 is 1.43 bits per heavy atom. The van der Waals surface area contributed by atoms with Crippen LogP contribution < -0.4 is 5.32 Å². The molecule has 3 saturated heterocycles. The number of Topliss-reactive ketones (excluding diaryl/α,β-unsaturated/α-hetero) is 1. The van der Waals surface area contributed by atoms with E-state index in [1.54, 1.807) is 10.9 Å². The normalized spacial score (nSPS) is 29.7. The molecule has 0 aliphatic carbocycles. The largest absolute Gasteiger partial charge is 0.354 e. The molecule has 1 N–H and O–H groups in total. The highest BCUT2D eigenvalue weighted by Gasteiger charge is 2.43. The second-order valence-corrected chi connectivity index (χ2v) is 7.09. The van der Waals surface area contributed by atoms with Crippen LogP contribution in [0.5, 0.6) is 0 Å². The number of rotatable bonds is 5. The van der Waals surface area contributed by atoms with Gasteiger partial charge < -0.3 is 5.32 Å². The molecule has 0 saturated carbocycles. The number of nitrogens with zero attached hydrogens (tertiary/aromatic N) is 4. The van der Waals surface area contributed by atoms with Crippen LogP contribution >= 0.6 is 0 Å². The predicted molar refractivity (Wildman–Crippen MR) is 84.9 cm³/mol. The van der Waals surface area contributed by atoms with E-state index in [2.05, 4.69) is 20.5 Å². The number of carbonyl (C=O) groups excluding carboxylic acids is 2. The van der Waals surface area contributed by atoms with Crippen LogP contribution in [0.2, 0.25) is 0 Å². The van der Waals surface area contributed by atoms with Gasteiger partial charge in [0.25, 0.3) is 0 Å². The number of hydrogen-bond donors (Lipinski definition) is 1. The Kier molecular flexibility index (Phi) is 4.48. The third-order valence-corrected chi connectivity index (χ3v) is 4.94. The van der Waals surface area contributed by atoms with Gasteiger partial charge in [0.05, 0.1) is 18.7 Å². The van der Waals surface area contributed by atoms with Crippen molar-refractivity contribution in [1.82, 2.24) is 25.2 Å². The molecule has 0 aromatic carbocycles. The van der Waals surface area contributed by atoms with E-state index in [4.69, 9.17) is 0 Å². The molecule has 1 aromatic heterocycles. The molecular formula is C16H25N5O2. The van der Waals surface area contributed by atoms with Crippen LogP contribution in [-0.4, -0.2) is 56.8 Å². The second-order valence-electron chi connectivity index (χ2n) is 7.09. The Balaban J connectivity index is 1.62. The first-order valence-electron chi connectivity index (χ1n) is 8.39. The third kappa shape index (κ3) is 3.44. The summed E-state index contributed by atoms with van der Waals surface area (Å²) in [5.41, 5.74) is 0.412. The summed E-state index contributed by atoms with van der Waals surface area (Å²) in [6.45, 7) is 8.09. The number of amides is 1.